The van der Waals surface area contributed by atoms with Crippen molar-refractivity contribution < 1.29 is 13.3 Å². The molecule has 54 heavy (non-hydrogen) atoms. The van der Waals surface area contributed by atoms with E-state index in [1.165, 1.54) is 11.1 Å². The lowest BCUT2D eigenvalue weighted by Crippen LogP contribution is -2.10. The molecule has 266 valence electrons. The number of rotatable bonds is 6. The van der Waals surface area contributed by atoms with Crippen LogP contribution in [0.4, 0.5) is 17.1 Å². The van der Waals surface area contributed by atoms with Crippen molar-refractivity contribution in [2.24, 2.45) is 0 Å². The molecule has 0 saturated carbocycles. The van der Waals surface area contributed by atoms with Crippen molar-refractivity contribution in [3.8, 4) is 34.4 Å². The average molecular weight is 709 g/mol. The van der Waals surface area contributed by atoms with Gasteiger partial charge in [-0.25, -0.2) is 15.0 Å². The van der Waals surface area contributed by atoms with Crippen LogP contribution in [0.15, 0.2) is 147 Å². The Kier molecular flexibility index (Phi) is 7.78. The van der Waals surface area contributed by atoms with E-state index in [-0.39, 0.29) is 10.8 Å². The van der Waals surface area contributed by atoms with E-state index in [1.54, 1.807) is 0 Å². The first-order valence-electron chi connectivity index (χ1n) is 18.3. The molecule has 9 aromatic rings. The maximum atomic E-state index is 6.21. The predicted octanol–water partition coefficient (Wildman–Crippen LogP) is 13.2. The number of oxazole rings is 3. The standard InChI is InChI=1S/C47H40N4O3/c1-46(2,3)32-17-25-41-38(27-32)49-44(53-41)30-13-21-35(22-14-30)51(34-19-11-29(12-20-34)43-48-37-9-7-8-10-40(37)52-43)36-23-15-31(16-24-36)45-50-39-28-33(47(4,5)6)18-26-42(39)54-45/h7-28H,1-6H3. The molecule has 0 aliphatic heterocycles. The van der Waals surface area contributed by atoms with E-state index in [9.17, 15) is 0 Å². The normalized spacial score (nSPS) is 12.3. The second-order valence-electron chi connectivity index (χ2n) is 15.9. The van der Waals surface area contributed by atoms with Crippen molar-refractivity contribution in [2.45, 2.75) is 52.4 Å². The van der Waals surface area contributed by atoms with Gasteiger partial charge in [-0.3, -0.25) is 0 Å². The molecular formula is C47H40N4O3. The van der Waals surface area contributed by atoms with Crippen molar-refractivity contribution in [2.75, 3.05) is 4.90 Å². The lowest BCUT2D eigenvalue weighted by Gasteiger charge is -2.26. The smallest absolute Gasteiger partial charge is 0.227 e. The highest BCUT2D eigenvalue weighted by Gasteiger charge is 2.20. The Morgan fingerprint density at radius 1 is 0.389 bits per heavy atom. The van der Waals surface area contributed by atoms with Crippen molar-refractivity contribution in [1.82, 2.24) is 15.0 Å². The fraction of sp³-hybridized carbons (Fsp3) is 0.170. The number of anilines is 3. The van der Waals surface area contributed by atoms with Crippen LogP contribution in [0.2, 0.25) is 0 Å². The van der Waals surface area contributed by atoms with Crippen LogP contribution in [-0.4, -0.2) is 15.0 Å². The van der Waals surface area contributed by atoms with Gasteiger partial charge in [-0.05, 0) is 131 Å². The fourth-order valence-electron chi connectivity index (χ4n) is 6.74. The average Bonchev–Trinajstić information content (AvgIpc) is 3.91. The third-order valence-corrected chi connectivity index (χ3v) is 9.92. The van der Waals surface area contributed by atoms with Crippen molar-refractivity contribution in [3.05, 3.63) is 145 Å². The van der Waals surface area contributed by atoms with Gasteiger partial charge in [-0.1, -0.05) is 65.8 Å². The van der Waals surface area contributed by atoms with Gasteiger partial charge >= 0.3 is 0 Å². The number of benzene rings is 6. The molecule has 3 heterocycles. The molecular weight excluding hydrogens is 669 g/mol. The van der Waals surface area contributed by atoms with E-state index < -0.39 is 0 Å². The highest BCUT2D eigenvalue weighted by Crippen LogP contribution is 2.39. The molecule has 7 heteroatoms. The van der Waals surface area contributed by atoms with Crippen LogP contribution in [-0.2, 0) is 10.8 Å². The third-order valence-electron chi connectivity index (χ3n) is 9.92. The summed E-state index contributed by atoms with van der Waals surface area (Å²) in [5, 5.41) is 0. The summed E-state index contributed by atoms with van der Waals surface area (Å²) in [5.74, 6) is 1.77. The molecule has 7 nitrogen and oxygen atoms in total. The molecule has 3 aromatic heterocycles. The first-order valence-corrected chi connectivity index (χ1v) is 18.3. The molecule has 0 aliphatic carbocycles. The van der Waals surface area contributed by atoms with Crippen LogP contribution in [0.5, 0.6) is 0 Å². The van der Waals surface area contributed by atoms with E-state index >= 15 is 0 Å². The molecule has 6 aromatic carbocycles. The lowest BCUT2D eigenvalue weighted by molar-refractivity contribution is 0.589. The molecule has 0 aliphatic rings. The molecule has 0 N–H and O–H groups in total. The van der Waals surface area contributed by atoms with Crippen LogP contribution < -0.4 is 4.90 Å². The Labute approximate surface area is 313 Å². The Balaban J connectivity index is 1.07. The second kappa shape index (κ2) is 12.6. The van der Waals surface area contributed by atoms with E-state index in [1.807, 2.05) is 48.5 Å². The lowest BCUT2D eigenvalue weighted by atomic mass is 9.87. The summed E-state index contributed by atoms with van der Waals surface area (Å²) >= 11 is 0. The van der Waals surface area contributed by atoms with Crippen LogP contribution in [0.3, 0.4) is 0 Å². The molecule has 9 rings (SSSR count). The zero-order valence-electron chi connectivity index (χ0n) is 31.2. The van der Waals surface area contributed by atoms with Gasteiger partial charge in [0.05, 0.1) is 0 Å². The Morgan fingerprint density at radius 2 is 0.741 bits per heavy atom. The van der Waals surface area contributed by atoms with Crippen LogP contribution in [0.1, 0.15) is 52.7 Å². The zero-order valence-corrected chi connectivity index (χ0v) is 31.2. The third kappa shape index (κ3) is 6.21. The number of aromatic nitrogens is 3. The first-order chi connectivity index (χ1) is 26.0. The van der Waals surface area contributed by atoms with Gasteiger partial charge in [0, 0.05) is 33.8 Å². The summed E-state index contributed by atoms with van der Waals surface area (Å²) in [6.45, 7) is 13.2. The van der Waals surface area contributed by atoms with Gasteiger partial charge in [-0.2, -0.15) is 0 Å². The summed E-state index contributed by atoms with van der Waals surface area (Å²) < 4.78 is 18.5. The number of para-hydroxylation sites is 2. The fourth-order valence-corrected chi connectivity index (χ4v) is 6.74. The van der Waals surface area contributed by atoms with Gasteiger partial charge in [0.25, 0.3) is 0 Å². The van der Waals surface area contributed by atoms with Gasteiger partial charge in [0.1, 0.15) is 16.6 Å². The number of hydrogen-bond acceptors (Lipinski definition) is 7. The maximum absolute atomic E-state index is 6.21. The molecule has 0 atom stereocenters. The van der Waals surface area contributed by atoms with E-state index in [0.29, 0.717) is 17.7 Å². The first kappa shape index (κ1) is 33.4. The minimum Gasteiger partial charge on any atom is -0.436 e. The summed E-state index contributed by atoms with van der Waals surface area (Å²) in [6, 6.07) is 45.2. The van der Waals surface area contributed by atoms with Gasteiger partial charge in [0.15, 0.2) is 16.7 Å². The Hall–Kier alpha value is -6.47. The Morgan fingerprint density at radius 3 is 1.11 bits per heavy atom. The summed E-state index contributed by atoms with van der Waals surface area (Å²) in [6.07, 6.45) is 0. The van der Waals surface area contributed by atoms with Crippen molar-refractivity contribution in [1.29, 1.82) is 0 Å². The van der Waals surface area contributed by atoms with Crippen LogP contribution in [0.25, 0.3) is 67.7 Å². The zero-order chi connectivity index (χ0) is 37.2. The number of nitrogens with zero attached hydrogens (tertiary/aromatic N) is 4. The molecule has 0 fully saturated rings. The van der Waals surface area contributed by atoms with E-state index in [2.05, 4.69) is 131 Å². The quantitative estimate of drug-likeness (QED) is 0.170. The number of fused-ring (bicyclic) bond motifs is 3. The highest BCUT2D eigenvalue weighted by molar-refractivity contribution is 5.83. The van der Waals surface area contributed by atoms with Gasteiger partial charge in [-0.15, -0.1) is 0 Å². The van der Waals surface area contributed by atoms with E-state index in [4.69, 9.17) is 28.2 Å². The summed E-state index contributed by atoms with van der Waals surface area (Å²) in [7, 11) is 0. The van der Waals surface area contributed by atoms with Crippen LogP contribution >= 0.6 is 0 Å². The minimum atomic E-state index is 0.0239. The van der Waals surface area contributed by atoms with Crippen molar-refractivity contribution in [3.63, 3.8) is 0 Å². The summed E-state index contributed by atoms with van der Waals surface area (Å²) in [5.41, 5.74) is 13.0. The molecule has 0 bridgehead atoms. The van der Waals surface area contributed by atoms with Crippen molar-refractivity contribution >= 4 is 50.4 Å². The van der Waals surface area contributed by atoms with Crippen LogP contribution in [0, 0.1) is 0 Å². The largest absolute Gasteiger partial charge is 0.436 e. The van der Waals surface area contributed by atoms with Gasteiger partial charge < -0.3 is 18.2 Å². The highest BCUT2D eigenvalue weighted by atomic mass is 16.4. The Bertz CT molecular complexity index is 2610. The van der Waals surface area contributed by atoms with E-state index in [0.717, 1.165) is 67.1 Å². The number of hydrogen-bond donors (Lipinski definition) is 0. The topological polar surface area (TPSA) is 81.3 Å². The molecule has 0 amide bonds. The maximum Gasteiger partial charge on any atom is 0.227 e. The molecule has 0 saturated heterocycles. The SMILES string of the molecule is CC(C)(C)c1ccc2oc(-c3ccc(N(c4ccc(-c5nc6ccccc6o5)cc4)c4ccc(-c5nc6cc(C(C)(C)C)ccc6o5)cc4)cc3)nc2c1. The molecule has 0 radical (unpaired) electrons. The second-order valence-corrected chi connectivity index (χ2v) is 15.9. The van der Waals surface area contributed by atoms with Gasteiger partial charge in [0.2, 0.25) is 17.7 Å². The molecule has 0 unspecified atom stereocenters. The molecule has 0 spiro atoms. The minimum absolute atomic E-state index is 0.0239. The predicted molar refractivity (Wildman–Crippen MR) is 218 cm³/mol. The monoisotopic (exact) mass is 708 g/mol. The summed E-state index contributed by atoms with van der Waals surface area (Å²) in [4.78, 5) is 16.6.